The maximum Gasteiger partial charge on any atom is 0.246 e. The summed E-state index contributed by atoms with van der Waals surface area (Å²) in [7, 11) is -3.86. The molecule has 2 rings (SSSR count). The van der Waals surface area contributed by atoms with Crippen LogP contribution in [0.25, 0.3) is 0 Å². The standard InChI is InChI=1S/C17H23N3O4S/c1-11(2)8-14-6-5-7-15(9-14)19-16(21)10-18-25(22,23)17-12(3)20-24-13(17)4/h5-7,9,11,18H,8,10H2,1-4H3,(H,19,21). The molecule has 0 fully saturated rings. The van der Waals surface area contributed by atoms with Gasteiger partial charge in [-0.15, -0.1) is 0 Å². The quantitative estimate of drug-likeness (QED) is 0.784. The van der Waals surface area contributed by atoms with E-state index in [4.69, 9.17) is 4.52 Å². The first kappa shape index (κ1) is 19.1. The minimum atomic E-state index is -3.86. The monoisotopic (exact) mass is 365 g/mol. The normalized spacial score (nSPS) is 11.7. The Morgan fingerprint density at radius 1 is 1.28 bits per heavy atom. The molecule has 1 heterocycles. The van der Waals surface area contributed by atoms with Gasteiger partial charge in [-0.1, -0.05) is 31.1 Å². The lowest BCUT2D eigenvalue weighted by atomic mass is 10.0. The second kappa shape index (κ2) is 7.79. The largest absolute Gasteiger partial charge is 0.360 e. The molecule has 7 nitrogen and oxygen atoms in total. The first-order valence-electron chi connectivity index (χ1n) is 8.00. The van der Waals surface area contributed by atoms with E-state index in [-0.39, 0.29) is 22.9 Å². The topological polar surface area (TPSA) is 101 Å². The molecular weight excluding hydrogens is 342 g/mol. The molecule has 1 aromatic carbocycles. The summed E-state index contributed by atoms with van der Waals surface area (Å²) < 4.78 is 31.7. The zero-order valence-corrected chi connectivity index (χ0v) is 15.6. The fourth-order valence-electron chi connectivity index (χ4n) is 2.54. The summed E-state index contributed by atoms with van der Waals surface area (Å²) in [5.74, 6) is 0.247. The van der Waals surface area contributed by atoms with E-state index in [0.29, 0.717) is 11.6 Å². The van der Waals surface area contributed by atoms with Crippen LogP contribution in [-0.2, 0) is 21.2 Å². The van der Waals surface area contributed by atoms with Crippen molar-refractivity contribution in [3.05, 3.63) is 41.3 Å². The Kier molecular flexibility index (Phi) is 5.97. The number of hydrogen-bond acceptors (Lipinski definition) is 5. The van der Waals surface area contributed by atoms with Gasteiger partial charge in [0, 0.05) is 5.69 Å². The Balaban J connectivity index is 1.99. The molecule has 0 saturated heterocycles. The highest BCUT2D eigenvalue weighted by atomic mass is 32.2. The molecule has 2 N–H and O–H groups in total. The van der Waals surface area contributed by atoms with Gasteiger partial charge >= 0.3 is 0 Å². The van der Waals surface area contributed by atoms with E-state index < -0.39 is 15.9 Å². The number of hydrogen-bond donors (Lipinski definition) is 2. The molecule has 0 spiro atoms. The number of rotatable bonds is 7. The molecular formula is C17H23N3O4S. The van der Waals surface area contributed by atoms with Crippen LogP contribution in [0.15, 0.2) is 33.7 Å². The fourth-order valence-corrected chi connectivity index (χ4v) is 3.85. The number of nitrogens with one attached hydrogen (secondary N) is 2. The summed E-state index contributed by atoms with van der Waals surface area (Å²) in [6, 6.07) is 7.52. The van der Waals surface area contributed by atoms with Gasteiger partial charge in [-0.2, -0.15) is 0 Å². The van der Waals surface area contributed by atoms with Crippen molar-refractivity contribution in [1.82, 2.24) is 9.88 Å². The van der Waals surface area contributed by atoms with Gasteiger partial charge in [0.25, 0.3) is 0 Å². The second-order valence-electron chi connectivity index (χ2n) is 6.32. The maximum atomic E-state index is 12.3. The summed E-state index contributed by atoms with van der Waals surface area (Å²) in [6.07, 6.45) is 0.905. The maximum absolute atomic E-state index is 12.3. The molecule has 0 radical (unpaired) electrons. The summed E-state index contributed by atoms with van der Waals surface area (Å²) in [4.78, 5) is 12.0. The third-order valence-electron chi connectivity index (χ3n) is 3.51. The zero-order valence-electron chi connectivity index (χ0n) is 14.8. The van der Waals surface area contributed by atoms with Gasteiger partial charge in [-0.25, -0.2) is 13.1 Å². The molecule has 0 saturated carbocycles. The second-order valence-corrected chi connectivity index (χ2v) is 8.03. The molecule has 0 unspecified atom stereocenters. The lowest BCUT2D eigenvalue weighted by molar-refractivity contribution is -0.115. The van der Waals surface area contributed by atoms with Gasteiger partial charge < -0.3 is 9.84 Å². The van der Waals surface area contributed by atoms with Gasteiger partial charge in [0.2, 0.25) is 15.9 Å². The average molecular weight is 365 g/mol. The predicted molar refractivity (Wildman–Crippen MR) is 94.8 cm³/mol. The van der Waals surface area contributed by atoms with Crippen molar-refractivity contribution < 1.29 is 17.7 Å². The van der Waals surface area contributed by atoms with Gasteiger partial charge in [0.15, 0.2) is 5.76 Å². The summed E-state index contributed by atoms with van der Waals surface area (Å²) in [5.41, 5.74) is 2.01. The highest BCUT2D eigenvalue weighted by Gasteiger charge is 2.24. The van der Waals surface area contributed by atoms with Crippen LogP contribution >= 0.6 is 0 Å². The van der Waals surface area contributed by atoms with E-state index in [0.717, 1.165) is 12.0 Å². The van der Waals surface area contributed by atoms with Crippen molar-refractivity contribution in [3.8, 4) is 0 Å². The summed E-state index contributed by atoms with van der Waals surface area (Å²) in [5, 5.41) is 6.31. The first-order valence-corrected chi connectivity index (χ1v) is 9.48. The van der Waals surface area contributed by atoms with E-state index in [1.54, 1.807) is 6.07 Å². The number of aryl methyl sites for hydroxylation is 2. The third kappa shape index (κ3) is 5.14. The van der Waals surface area contributed by atoms with Crippen LogP contribution in [0.4, 0.5) is 5.69 Å². The Morgan fingerprint density at radius 3 is 2.60 bits per heavy atom. The SMILES string of the molecule is Cc1noc(C)c1S(=O)(=O)NCC(=O)Nc1cccc(CC(C)C)c1. The Labute approximate surface area is 147 Å². The number of carbonyl (C=O) groups excluding carboxylic acids is 1. The number of anilines is 1. The highest BCUT2D eigenvalue weighted by Crippen LogP contribution is 2.18. The lowest BCUT2D eigenvalue weighted by Gasteiger charge is -2.10. The van der Waals surface area contributed by atoms with Crippen molar-refractivity contribution in [1.29, 1.82) is 0 Å². The van der Waals surface area contributed by atoms with Crippen molar-refractivity contribution in [3.63, 3.8) is 0 Å². The molecule has 0 aliphatic carbocycles. The average Bonchev–Trinajstić information content (AvgIpc) is 2.85. The minimum Gasteiger partial charge on any atom is -0.360 e. The van der Waals surface area contributed by atoms with E-state index in [2.05, 4.69) is 29.0 Å². The summed E-state index contributed by atoms with van der Waals surface area (Å²) in [6.45, 7) is 6.91. The molecule has 1 aromatic heterocycles. The number of nitrogens with zero attached hydrogens (tertiary/aromatic N) is 1. The molecule has 0 aliphatic heterocycles. The molecule has 0 bridgehead atoms. The lowest BCUT2D eigenvalue weighted by Crippen LogP contribution is -2.33. The van der Waals surface area contributed by atoms with Gasteiger partial charge in [-0.05, 0) is 43.9 Å². The molecule has 8 heteroatoms. The van der Waals surface area contributed by atoms with Gasteiger partial charge in [0.05, 0.1) is 6.54 Å². The smallest absolute Gasteiger partial charge is 0.246 e. The predicted octanol–water partition coefficient (Wildman–Crippen LogP) is 2.41. The zero-order chi connectivity index (χ0) is 18.6. The van der Waals surface area contributed by atoms with E-state index in [1.807, 2.05) is 18.2 Å². The van der Waals surface area contributed by atoms with Crippen LogP contribution in [0.3, 0.4) is 0 Å². The Bertz CT molecular complexity index is 837. The van der Waals surface area contributed by atoms with Crippen LogP contribution in [0.2, 0.25) is 0 Å². The van der Waals surface area contributed by atoms with Gasteiger partial charge in [-0.3, -0.25) is 4.79 Å². The minimum absolute atomic E-state index is 0.0285. The van der Waals surface area contributed by atoms with Crippen molar-refractivity contribution in [2.24, 2.45) is 5.92 Å². The van der Waals surface area contributed by atoms with Crippen molar-refractivity contribution in [2.75, 3.05) is 11.9 Å². The van der Waals surface area contributed by atoms with Crippen molar-refractivity contribution >= 4 is 21.6 Å². The number of carbonyl (C=O) groups is 1. The van der Waals surface area contributed by atoms with E-state index >= 15 is 0 Å². The van der Waals surface area contributed by atoms with Crippen LogP contribution in [-0.4, -0.2) is 26.0 Å². The van der Waals surface area contributed by atoms with Crippen LogP contribution < -0.4 is 10.0 Å². The molecule has 0 aliphatic rings. The van der Waals surface area contributed by atoms with E-state index in [1.165, 1.54) is 13.8 Å². The Morgan fingerprint density at radius 2 is 2.00 bits per heavy atom. The third-order valence-corrected chi connectivity index (χ3v) is 5.16. The van der Waals surface area contributed by atoms with Crippen molar-refractivity contribution in [2.45, 2.75) is 39.0 Å². The molecule has 1 amide bonds. The van der Waals surface area contributed by atoms with Crippen LogP contribution in [0.1, 0.15) is 30.9 Å². The number of aromatic nitrogens is 1. The molecule has 136 valence electrons. The molecule has 25 heavy (non-hydrogen) atoms. The number of amides is 1. The molecule has 2 aromatic rings. The highest BCUT2D eigenvalue weighted by molar-refractivity contribution is 7.89. The Hall–Kier alpha value is -2.19. The number of benzene rings is 1. The molecule has 0 atom stereocenters. The van der Waals surface area contributed by atoms with Crippen LogP contribution in [0.5, 0.6) is 0 Å². The van der Waals surface area contributed by atoms with Gasteiger partial charge in [0.1, 0.15) is 10.6 Å². The van der Waals surface area contributed by atoms with E-state index in [9.17, 15) is 13.2 Å². The first-order chi connectivity index (χ1) is 11.7. The summed E-state index contributed by atoms with van der Waals surface area (Å²) >= 11 is 0. The number of sulfonamides is 1. The van der Waals surface area contributed by atoms with Crippen LogP contribution in [0, 0.1) is 19.8 Å². The fraction of sp³-hybridized carbons (Fsp3) is 0.412.